The van der Waals surface area contributed by atoms with Gasteiger partial charge in [0.05, 0.1) is 12.3 Å². The average Bonchev–Trinajstić information content (AvgIpc) is 1.60. The van der Waals surface area contributed by atoms with Crippen LogP contribution in [0.5, 0.6) is 0 Å². The molecular formula is C4H12NO4P. The highest BCUT2D eigenvalue weighted by Crippen LogP contribution is 2.35. The highest BCUT2D eigenvalue weighted by atomic mass is 31.2. The summed E-state index contributed by atoms with van der Waals surface area (Å²) < 4.78 is 10.2. The SMILES string of the molecule is C[C@@H](N)C(O)CP(=O)(O)O. The molecule has 0 aliphatic carbocycles. The van der Waals surface area contributed by atoms with Crippen LogP contribution in [0.3, 0.4) is 0 Å². The summed E-state index contributed by atoms with van der Waals surface area (Å²) in [7, 11) is -4.11. The Bertz CT molecular complexity index is 142. The molecule has 10 heavy (non-hydrogen) atoms. The molecule has 0 aromatic carbocycles. The van der Waals surface area contributed by atoms with Gasteiger partial charge in [0.25, 0.3) is 0 Å². The molecule has 0 spiro atoms. The van der Waals surface area contributed by atoms with Crippen LogP contribution < -0.4 is 5.73 Å². The van der Waals surface area contributed by atoms with E-state index in [1.54, 1.807) is 0 Å². The van der Waals surface area contributed by atoms with Crippen LogP contribution in [-0.4, -0.2) is 33.2 Å². The molecule has 0 aromatic heterocycles. The first-order valence-electron chi connectivity index (χ1n) is 2.81. The van der Waals surface area contributed by atoms with Gasteiger partial charge in [0.2, 0.25) is 0 Å². The minimum Gasteiger partial charge on any atom is -0.391 e. The second-order valence-electron chi connectivity index (χ2n) is 2.27. The van der Waals surface area contributed by atoms with Crippen molar-refractivity contribution >= 4 is 7.60 Å². The minimum atomic E-state index is -4.11. The molecule has 2 atom stereocenters. The van der Waals surface area contributed by atoms with Crippen LogP contribution in [-0.2, 0) is 4.57 Å². The fraction of sp³-hybridized carbons (Fsp3) is 1.00. The largest absolute Gasteiger partial charge is 0.391 e. The Hall–Kier alpha value is 0.0700. The third kappa shape index (κ3) is 4.90. The molecule has 0 bridgehead atoms. The van der Waals surface area contributed by atoms with Gasteiger partial charge in [0, 0.05) is 6.04 Å². The Labute approximate surface area is 59.0 Å². The summed E-state index contributed by atoms with van der Waals surface area (Å²) in [5, 5.41) is 8.84. The maximum atomic E-state index is 10.2. The minimum absolute atomic E-state index is 0.565. The second-order valence-corrected chi connectivity index (χ2v) is 3.97. The molecular weight excluding hydrogens is 157 g/mol. The Morgan fingerprint density at radius 3 is 2.10 bits per heavy atom. The number of hydrogen-bond donors (Lipinski definition) is 4. The van der Waals surface area contributed by atoms with Crippen LogP contribution in [0.4, 0.5) is 0 Å². The molecule has 0 amide bonds. The van der Waals surface area contributed by atoms with E-state index in [2.05, 4.69) is 0 Å². The van der Waals surface area contributed by atoms with Crippen molar-refractivity contribution in [2.75, 3.05) is 6.16 Å². The topological polar surface area (TPSA) is 104 Å². The maximum Gasteiger partial charge on any atom is 0.328 e. The molecule has 0 heterocycles. The monoisotopic (exact) mass is 169 g/mol. The van der Waals surface area contributed by atoms with Crippen LogP contribution in [0, 0.1) is 0 Å². The van der Waals surface area contributed by atoms with Crippen molar-refractivity contribution in [3.05, 3.63) is 0 Å². The van der Waals surface area contributed by atoms with Crippen LogP contribution >= 0.6 is 7.60 Å². The van der Waals surface area contributed by atoms with E-state index < -0.39 is 25.9 Å². The Kier molecular flexibility index (Phi) is 3.48. The van der Waals surface area contributed by atoms with Gasteiger partial charge >= 0.3 is 7.60 Å². The summed E-state index contributed by atoms with van der Waals surface area (Å²) >= 11 is 0. The lowest BCUT2D eigenvalue weighted by Gasteiger charge is -2.14. The molecule has 0 saturated carbocycles. The number of rotatable bonds is 3. The molecule has 0 aromatic rings. The van der Waals surface area contributed by atoms with Crippen LogP contribution in [0.15, 0.2) is 0 Å². The van der Waals surface area contributed by atoms with Crippen molar-refractivity contribution in [2.45, 2.75) is 19.1 Å². The van der Waals surface area contributed by atoms with Crippen molar-refractivity contribution in [1.29, 1.82) is 0 Å². The van der Waals surface area contributed by atoms with Gasteiger partial charge in [-0.05, 0) is 6.92 Å². The standard InChI is InChI=1S/C4H12NO4P/c1-3(5)4(6)2-10(7,8)9/h3-4,6H,2,5H2,1H3,(H2,7,8,9)/t3-,4?/m1/s1. The fourth-order valence-electron chi connectivity index (χ4n) is 0.410. The van der Waals surface area contributed by atoms with Gasteiger partial charge in [-0.15, -0.1) is 0 Å². The summed E-state index contributed by atoms with van der Waals surface area (Å²) in [6, 6.07) is -0.604. The molecule has 0 aliphatic heterocycles. The van der Waals surface area contributed by atoms with Gasteiger partial charge < -0.3 is 20.6 Å². The van der Waals surface area contributed by atoms with Gasteiger partial charge in [0.1, 0.15) is 0 Å². The lowest BCUT2D eigenvalue weighted by atomic mass is 10.2. The Morgan fingerprint density at radius 1 is 1.60 bits per heavy atom. The average molecular weight is 169 g/mol. The third-order valence-corrected chi connectivity index (χ3v) is 1.88. The molecule has 1 unspecified atom stereocenters. The number of hydrogen-bond acceptors (Lipinski definition) is 3. The van der Waals surface area contributed by atoms with Crippen molar-refractivity contribution in [1.82, 2.24) is 0 Å². The molecule has 0 aliphatic rings. The summed E-state index contributed by atoms with van der Waals surface area (Å²) in [5.41, 5.74) is 5.15. The summed E-state index contributed by atoms with van der Waals surface area (Å²) in [5.74, 6) is 0. The summed E-state index contributed by atoms with van der Waals surface area (Å²) in [6.07, 6.45) is -1.69. The van der Waals surface area contributed by atoms with Crippen LogP contribution in [0.1, 0.15) is 6.92 Å². The summed E-state index contributed by atoms with van der Waals surface area (Å²) in [4.78, 5) is 16.7. The van der Waals surface area contributed by atoms with Gasteiger partial charge in [-0.2, -0.15) is 0 Å². The third-order valence-electron chi connectivity index (χ3n) is 1.03. The van der Waals surface area contributed by atoms with Crippen molar-refractivity contribution < 1.29 is 19.5 Å². The molecule has 0 radical (unpaired) electrons. The van der Waals surface area contributed by atoms with Gasteiger partial charge in [-0.25, -0.2) is 0 Å². The highest BCUT2D eigenvalue weighted by Gasteiger charge is 2.21. The molecule has 6 heteroatoms. The lowest BCUT2D eigenvalue weighted by molar-refractivity contribution is 0.165. The first-order chi connectivity index (χ1) is 4.33. The van der Waals surface area contributed by atoms with Crippen LogP contribution in [0.2, 0.25) is 0 Å². The molecule has 0 rings (SSSR count). The quantitative estimate of drug-likeness (QED) is 0.400. The Balaban J connectivity index is 3.80. The predicted octanol–water partition coefficient (Wildman–Crippen LogP) is -1.13. The van der Waals surface area contributed by atoms with Gasteiger partial charge in [0.15, 0.2) is 0 Å². The van der Waals surface area contributed by atoms with Crippen molar-refractivity contribution in [3.63, 3.8) is 0 Å². The number of aliphatic hydroxyl groups excluding tert-OH is 1. The van der Waals surface area contributed by atoms with Gasteiger partial charge in [-0.3, -0.25) is 4.57 Å². The van der Waals surface area contributed by atoms with Crippen molar-refractivity contribution in [3.8, 4) is 0 Å². The smallest absolute Gasteiger partial charge is 0.328 e. The second kappa shape index (κ2) is 3.46. The first kappa shape index (κ1) is 10.1. The zero-order chi connectivity index (χ0) is 8.36. The maximum absolute atomic E-state index is 10.2. The zero-order valence-electron chi connectivity index (χ0n) is 5.64. The molecule has 62 valence electrons. The van der Waals surface area contributed by atoms with E-state index in [1.165, 1.54) is 6.92 Å². The van der Waals surface area contributed by atoms with Crippen molar-refractivity contribution in [2.24, 2.45) is 5.73 Å². The van der Waals surface area contributed by atoms with E-state index in [4.69, 9.17) is 20.6 Å². The molecule has 5 nitrogen and oxygen atoms in total. The zero-order valence-corrected chi connectivity index (χ0v) is 6.53. The molecule has 0 fully saturated rings. The van der Waals surface area contributed by atoms with Gasteiger partial charge in [-0.1, -0.05) is 0 Å². The highest BCUT2D eigenvalue weighted by molar-refractivity contribution is 7.51. The van der Waals surface area contributed by atoms with E-state index in [0.29, 0.717) is 0 Å². The van der Waals surface area contributed by atoms with E-state index in [0.717, 1.165) is 0 Å². The fourth-order valence-corrected chi connectivity index (χ4v) is 1.23. The molecule has 5 N–H and O–H groups in total. The van der Waals surface area contributed by atoms with E-state index in [1.807, 2.05) is 0 Å². The Morgan fingerprint density at radius 2 is 2.00 bits per heavy atom. The molecule has 0 saturated heterocycles. The van der Waals surface area contributed by atoms with Crippen LogP contribution in [0.25, 0.3) is 0 Å². The summed E-state index contributed by atoms with van der Waals surface area (Å²) in [6.45, 7) is 1.49. The van der Waals surface area contributed by atoms with E-state index in [-0.39, 0.29) is 0 Å². The van der Waals surface area contributed by atoms with E-state index in [9.17, 15) is 4.57 Å². The number of nitrogens with two attached hydrogens (primary N) is 1. The first-order valence-corrected chi connectivity index (χ1v) is 4.61. The predicted molar refractivity (Wildman–Crippen MR) is 36.6 cm³/mol. The normalized spacial score (nSPS) is 18.5. The van der Waals surface area contributed by atoms with E-state index >= 15 is 0 Å². The number of aliphatic hydroxyl groups is 1. The lowest BCUT2D eigenvalue weighted by Crippen LogP contribution is -2.34.